The maximum absolute atomic E-state index is 4.86. The van der Waals surface area contributed by atoms with Gasteiger partial charge in [0, 0.05) is 12.4 Å². The van der Waals surface area contributed by atoms with Crippen LogP contribution in [0.5, 0.6) is 0 Å². The van der Waals surface area contributed by atoms with E-state index in [4.69, 9.17) is 12.2 Å². The van der Waals surface area contributed by atoms with Crippen LogP contribution >= 0.6 is 28.1 Å². The lowest BCUT2D eigenvalue weighted by Gasteiger charge is -1.88. The zero-order valence-electron chi connectivity index (χ0n) is 4.10. The number of hydrogen-bond acceptors (Lipinski definition) is 1. The molecule has 1 aromatic heterocycles. The predicted octanol–water partition coefficient (Wildman–Crippen LogP) is 1.90. The van der Waals surface area contributed by atoms with Gasteiger partial charge in [-0.2, -0.15) is 0 Å². The Morgan fingerprint density at radius 3 is 2.88 bits per heavy atom. The van der Waals surface area contributed by atoms with Crippen LogP contribution < -0.4 is 0 Å². The molecule has 0 aromatic carbocycles. The van der Waals surface area contributed by atoms with Crippen LogP contribution in [0.3, 0.4) is 0 Å². The summed E-state index contributed by atoms with van der Waals surface area (Å²) in [5.74, 6) is 0. The molecule has 0 unspecified atom stereocenters. The summed E-state index contributed by atoms with van der Waals surface area (Å²) in [7, 11) is 0. The highest BCUT2D eigenvalue weighted by Crippen LogP contribution is 1.93. The van der Waals surface area contributed by atoms with Crippen molar-refractivity contribution < 1.29 is 0 Å². The molecule has 44 valence electrons. The van der Waals surface area contributed by atoms with E-state index in [-0.39, 0.29) is 0 Å². The molecule has 1 heterocycles. The molecule has 0 fully saturated rings. The van der Waals surface area contributed by atoms with Crippen molar-refractivity contribution in [3.05, 3.63) is 17.2 Å². The fourth-order valence-corrected chi connectivity index (χ4v) is 1.22. The van der Waals surface area contributed by atoms with Crippen molar-refractivity contribution in [1.82, 2.24) is 9.55 Å². The predicted molar refractivity (Wildman–Crippen MR) is 38.5 cm³/mol. The number of H-pyrrole nitrogens is 1. The molecule has 0 atom stereocenters. The summed E-state index contributed by atoms with van der Waals surface area (Å²) in [6.45, 7) is 0. The summed E-state index contributed by atoms with van der Waals surface area (Å²) in [5, 5.41) is 0. The highest BCUT2D eigenvalue weighted by molar-refractivity contribution is 9.08. The van der Waals surface area contributed by atoms with Crippen LogP contribution in [0.4, 0.5) is 0 Å². The molecule has 0 aliphatic heterocycles. The Labute approximate surface area is 60.7 Å². The molecule has 2 nitrogen and oxygen atoms in total. The van der Waals surface area contributed by atoms with Gasteiger partial charge in [0.1, 0.15) is 0 Å². The van der Waals surface area contributed by atoms with Crippen molar-refractivity contribution in [2.45, 2.75) is 5.45 Å². The lowest BCUT2D eigenvalue weighted by Crippen LogP contribution is -1.86. The molecule has 8 heavy (non-hydrogen) atoms. The van der Waals surface area contributed by atoms with E-state index < -0.39 is 0 Å². The Morgan fingerprint density at radius 2 is 2.62 bits per heavy atom. The van der Waals surface area contributed by atoms with E-state index in [0.717, 1.165) is 10.2 Å². The number of hydrogen-bond donors (Lipinski definition) is 1. The van der Waals surface area contributed by atoms with Crippen LogP contribution in [0.2, 0.25) is 0 Å². The van der Waals surface area contributed by atoms with E-state index in [1.807, 2.05) is 17.0 Å². The molecule has 1 rings (SSSR count). The molecule has 0 amide bonds. The van der Waals surface area contributed by atoms with E-state index in [2.05, 4.69) is 20.9 Å². The molecule has 0 saturated carbocycles. The van der Waals surface area contributed by atoms with Gasteiger partial charge in [-0.3, -0.25) is 0 Å². The topological polar surface area (TPSA) is 20.7 Å². The average molecular weight is 193 g/mol. The van der Waals surface area contributed by atoms with Crippen LogP contribution in [0.15, 0.2) is 12.4 Å². The quantitative estimate of drug-likeness (QED) is 0.533. The minimum absolute atomic E-state index is 0.752. The highest BCUT2D eigenvalue weighted by atomic mass is 79.9. The molecule has 0 aliphatic carbocycles. The van der Waals surface area contributed by atoms with Gasteiger partial charge in [0.2, 0.25) is 0 Å². The monoisotopic (exact) mass is 192 g/mol. The standard InChI is InChI=1S/C4H5BrN2S/c5-3-7-2-1-6-4(7)8/h1-2H,3H2,(H,6,8). The van der Waals surface area contributed by atoms with Gasteiger partial charge in [-0.1, -0.05) is 15.9 Å². The lowest BCUT2D eigenvalue weighted by atomic mass is 10.9. The second kappa shape index (κ2) is 2.46. The molecule has 0 spiro atoms. The van der Waals surface area contributed by atoms with Crippen molar-refractivity contribution in [3.8, 4) is 0 Å². The van der Waals surface area contributed by atoms with Gasteiger partial charge in [0.05, 0.1) is 5.45 Å². The van der Waals surface area contributed by atoms with Gasteiger partial charge in [-0.05, 0) is 12.2 Å². The number of aromatic nitrogens is 2. The number of aromatic amines is 1. The average Bonchev–Trinajstić information content (AvgIpc) is 2.14. The van der Waals surface area contributed by atoms with Crippen LogP contribution in [0, 0.1) is 4.77 Å². The van der Waals surface area contributed by atoms with Gasteiger partial charge in [0.15, 0.2) is 4.77 Å². The number of nitrogens with one attached hydrogen (secondary N) is 1. The molecule has 1 N–H and O–H groups in total. The van der Waals surface area contributed by atoms with Crippen molar-refractivity contribution >= 4 is 28.1 Å². The smallest absolute Gasteiger partial charge is 0.177 e. The third-order valence-corrected chi connectivity index (χ3v) is 1.74. The highest BCUT2D eigenvalue weighted by Gasteiger charge is 1.84. The Hall–Kier alpha value is -0.0900. The first kappa shape index (κ1) is 6.04. The van der Waals surface area contributed by atoms with Crippen molar-refractivity contribution in [1.29, 1.82) is 0 Å². The largest absolute Gasteiger partial charge is 0.337 e. The van der Waals surface area contributed by atoms with Crippen LogP contribution in [0.25, 0.3) is 0 Å². The van der Waals surface area contributed by atoms with E-state index in [0.29, 0.717) is 0 Å². The van der Waals surface area contributed by atoms with E-state index in [1.54, 1.807) is 0 Å². The minimum atomic E-state index is 0.752. The second-order valence-corrected chi connectivity index (χ2v) is 2.24. The number of halogens is 1. The first-order valence-corrected chi connectivity index (χ1v) is 3.67. The number of alkyl halides is 1. The SMILES string of the molecule is S=c1[nH]ccn1CBr. The molecular formula is C4H5BrN2S. The summed E-state index contributed by atoms with van der Waals surface area (Å²) in [5.41, 5.74) is 0.759. The molecule has 1 aromatic rings. The Balaban J connectivity index is 3.11. The first-order chi connectivity index (χ1) is 3.84. The van der Waals surface area contributed by atoms with Gasteiger partial charge in [-0.15, -0.1) is 0 Å². The van der Waals surface area contributed by atoms with Crippen LogP contribution in [-0.4, -0.2) is 9.55 Å². The van der Waals surface area contributed by atoms with Crippen molar-refractivity contribution in [2.24, 2.45) is 0 Å². The van der Waals surface area contributed by atoms with E-state index >= 15 is 0 Å². The second-order valence-electron chi connectivity index (χ2n) is 1.35. The zero-order chi connectivity index (χ0) is 5.98. The normalized spacial score (nSPS) is 9.62. The lowest BCUT2D eigenvalue weighted by molar-refractivity contribution is 0.883. The maximum atomic E-state index is 4.86. The van der Waals surface area contributed by atoms with Crippen molar-refractivity contribution in [2.75, 3.05) is 0 Å². The Bertz CT molecular complexity index is 214. The first-order valence-electron chi connectivity index (χ1n) is 2.14. The fourth-order valence-electron chi connectivity index (χ4n) is 0.443. The number of nitrogens with zero attached hydrogens (tertiary/aromatic N) is 1. The molecule has 0 aliphatic rings. The molecule has 4 heteroatoms. The third-order valence-electron chi connectivity index (χ3n) is 0.851. The molecule has 0 radical (unpaired) electrons. The fraction of sp³-hybridized carbons (Fsp3) is 0.250. The summed E-state index contributed by atoms with van der Waals surface area (Å²) >= 11 is 8.13. The van der Waals surface area contributed by atoms with Gasteiger partial charge in [-0.25, -0.2) is 0 Å². The third kappa shape index (κ3) is 1.00. The zero-order valence-corrected chi connectivity index (χ0v) is 6.50. The summed E-state index contributed by atoms with van der Waals surface area (Å²) in [4.78, 5) is 2.87. The Kier molecular flexibility index (Phi) is 1.85. The van der Waals surface area contributed by atoms with E-state index in [9.17, 15) is 0 Å². The summed E-state index contributed by atoms with van der Waals surface area (Å²) in [6.07, 6.45) is 3.70. The summed E-state index contributed by atoms with van der Waals surface area (Å²) < 4.78 is 2.64. The van der Waals surface area contributed by atoms with Crippen LogP contribution in [0.1, 0.15) is 0 Å². The molecule has 0 bridgehead atoms. The molecule has 0 saturated heterocycles. The van der Waals surface area contributed by atoms with Gasteiger partial charge < -0.3 is 9.55 Å². The van der Waals surface area contributed by atoms with Crippen LogP contribution in [-0.2, 0) is 5.45 Å². The Morgan fingerprint density at radius 1 is 1.88 bits per heavy atom. The minimum Gasteiger partial charge on any atom is -0.337 e. The van der Waals surface area contributed by atoms with Crippen molar-refractivity contribution in [3.63, 3.8) is 0 Å². The number of imidazole rings is 1. The van der Waals surface area contributed by atoms with E-state index in [1.165, 1.54) is 0 Å². The molecular weight excluding hydrogens is 188 g/mol. The summed E-state index contributed by atoms with van der Waals surface area (Å²) in [6, 6.07) is 0. The number of rotatable bonds is 1. The maximum Gasteiger partial charge on any atom is 0.177 e. The van der Waals surface area contributed by atoms with Gasteiger partial charge >= 0.3 is 0 Å². The van der Waals surface area contributed by atoms with Gasteiger partial charge in [0.25, 0.3) is 0 Å².